The minimum atomic E-state index is -4.77. The van der Waals surface area contributed by atoms with E-state index in [9.17, 15) is 35.9 Å². The minimum Gasteiger partial charge on any atom is -0.324 e. The second kappa shape index (κ2) is 7.89. The standard InChI is InChI=1S/C22H16F6N4O2/c1-11-7-13(21(23,24)25)3-4-16(11)31-10-32(17-5-6-18(33)30-12(17)2)20(34)15-8-14(22(26,27)28)9-29-19(15)31/h3-9H,10H2,1-2H3,(H,30,33). The van der Waals surface area contributed by atoms with E-state index in [-0.39, 0.29) is 40.7 Å². The molecule has 0 atom stereocenters. The van der Waals surface area contributed by atoms with Crippen molar-refractivity contribution in [2.75, 3.05) is 16.5 Å². The number of carbonyl (C=O) groups excluding carboxylic acids is 1. The number of amides is 1. The highest BCUT2D eigenvalue weighted by molar-refractivity contribution is 6.12. The summed E-state index contributed by atoms with van der Waals surface area (Å²) >= 11 is 0. The normalized spacial score (nSPS) is 14.4. The second-order valence-electron chi connectivity index (χ2n) is 7.73. The monoisotopic (exact) mass is 482 g/mol. The number of aromatic amines is 1. The molecule has 1 N–H and O–H groups in total. The molecule has 0 saturated heterocycles. The fraction of sp³-hybridized carbons (Fsp3) is 0.227. The lowest BCUT2D eigenvalue weighted by Crippen LogP contribution is -2.46. The summed E-state index contributed by atoms with van der Waals surface area (Å²) in [5.74, 6) is -0.927. The number of nitrogens with one attached hydrogen (secondary N) is 1. The molecule has 12 heteroatoms. The van der Waals surface area contributed by atoms with Crippen molar-refractivity contribution in [3.05, 3.63) is 80.9 Å². The number of aryl methyl sites for hydroxylation is 2. The first-order chi connectivity index (χ1) is 15.8. The summed E-state index contributed by atoms with van der Waals surface area (Å²) in [6.45, 7) is 2.67. The van der Waals surface area contributed by atoms with E-state index in [1.54, 1.807) is 0 Å². The summed E-state index contributed by atoms with van der Waals surface area (Å²) < 4.78 is 79.4. The van der Waals surface area contributed by atoms with Crippen molar-refractivity contribution < 1.29 is 31.1 Å². The molecule has 0 fully saturated rings. The zero-order valence-electron chi connectivity index (χ0n) is 17.7. The number of halogens is 6. The average molecular weight is 482 g/mol. The predicted octanol–water partition coefficient (Wildman–Crippen LogP) is 5.18. The largest absolute Gasteiger partial charge is 0.417 e. The molecule has 178 valence electrons. The molecule has 0 saturated carbocycles. The molecular weight excluding hydrogens is 466 g/mol. The molecule has 1 aliphatic heterocycles. The van der Waals surface area contributed by atoms with Gasteiger partial charge in [0.15, 0.2) is 0 Å². The number of aromatic nitrogens is 2. The first-order valence-electron chi connectivity index (χ1n) is 9.82. The highest BCUT2D eigenvalue weighted by Crippen LogP contribution is 2.40. The summed E-state index contributed by atoms with van der Waals surface area (Å²) in [6.07, 6.45) is -8.79. The SMILES string of the molecule is Cc1cc(C(F)(F)F)ccc1N1CN(c2ccc(=O)[nH]c2C)C(=O)c2cc(C(F)(F)F)cnc21. The number of anilines is 3. The number of nitrogens with zero attached hydrogens (tertiary/aromatic N) is 3. The lowest BCUT2D eigenvalue weighted by molar-refractivity contribution is -0.138. The van der Waals surface area contributed by atoms with E-state index in [0.717, 1.165) is 23.1 Å². The average Bonchev–Trinajstić information content (AvgIpc) is 2.73. The number of alkyl halides is 6. The van der Waals surface area contributed by atoms with Crippen molar-refractivity contribution >= 4 is 23.1 Å². The highest BCUT2D eigenvalue weighted by Gasteiger charge is 2.38. The molecule has 0 aliphatic carbocycles. The third kappa shape index (κ3) is 4.11. The molecule has 34 heavy (non-hydrogen) atoms. The zero-order chi connectivity index (χ0) is 25.0. The Bertz CT molecular complexity index is 1350. The Balaban J connectivity index is 1.91. The molecule has 0 spiro atoms. The van der Waals surface area contributed by atoms with Gasteiger partial charge >= 0.3 is 12.4 Å². The number of fused-ring (bicyclic) bond motifs is 1. The van der Waals surface area contributed by atoms with Crippen molar-refractivity contribution in [2.24, 2.45) is 0 Å². The quantitative estimate of drug-likeness (QED) is 0.511. The first-order valence-corrected chi connectivity index (χ1v) is 9.82. The van der Waals surface area contributed by atoms with Gasteiger partial charge in [-0.3, -0.25) is 14.5 Å². The van der Waals surface area contributed by atoms with Crippen LogP contribution in [-0.4, -0.2) is 22.5 Å². The number of pyridine rings is 2. The molecular formula is C22H16F6N4O2. The van der Waals surface area contributed by atoms with Crippen molar-refractivity contribution in [1.29, 1.82) is 0 Å². The van der Waals surface area contributed by atoms with Crippen LogP contribution in [0.1, 0.15) is 32.7 Å². The van der Waals surface area contributed by atoms with E-state index in [4.69, 9.17) is 0 Å². The Morgan fingerprint density at radius 2 is 1.50 bits per heavy atom. The van der Waals surface area contributed by atoms with Gasteiger partial charge in [0.25, 0.3) is 5.91 Å². The number of rotatable bonds is 2. The van der Waals surface area contributed by atoms with Crippen molar-refractivity contribution in [3.8, 4) is 0 Å². The van der Waals surface area contributed by atoms with Gasteiger partial charge in [-0.15, -0.1) is 0 Å². The maximum atomic E-state index is 13.3. The highest BCUT2D eigenvalue weighted by atomic mass is 19.4. The Morgan fingerprint density at radius 3 is 2.09 bits per heavy atom. The molecule has 3 aromatic rings. The van der Waals surface area contributed by atoms with E-state index in [0.29, 0.717) is 12.3 Å². The number of benzene rings is 1. The minimum absolute atomic E-state index is 0.126. The lowest BCUT2D eigenvalue weighted by Gasteiger charge is -2.38. The van der Waals surface area contributed by atoms with Gasteiger partial charge in [-0.2, -0.15) is 26.3 Å². The van der Waals surface area contributed by atoms with Gasteiger partial charge in [-0.1, -0.05) is 0 Å². The molecule has 1 amide bonds. The van der Waals surface area contributed by atoms with Gasteiger partial charge in [0, 0.05) is 23.6 Å². The van der Waals surface area contributed by atoms with Crippen LogP contribution in [0.15, 0.2) is 47.4 Å². The molecule has 6 nitrogen and oxygen atoms in total. The maximum Gasteiger partial charge on any atom is 0.417 e. The van der Waals surface area contributed by atoms with Gasteiger partial charge in [0.05, 0.1) is 22.4 Å². The molecule has 0 bridgehead atoms. The lowest BCUT2D eigenvalue weighted by atomic mass is 10.0. The molecule has 4 rings (SSSR count). The molecule has 2 aromatic heterocycles. The molecule has 3 heterocycles. The Labute approximate surface area is 188 Å². The fourth-order valence-corrected chi connectivity index (χ4v) is 3.78. The third-order valence-electron chi connectivity index (χ3n) is 5.40. The van der Waals surface area contributed by atoms with E-state index in [1.807, 2.05) is 0 Å². The van der Waals surface area contributed by atoms with Crippen molar-refractivity contribution in [2.45, 2.75) is 26.2 Å². The van der Waals surface area contributed by atoms with Gasteiger partial charge in [-0.25, -0.2) is 4.98 Å². The summed E-state index contributed by atoms with van der Waals surface area (Å²) in [6, 6.07) is 6.08. The van der Waals surface area contributed by atoms with Gasteiger partial charge in [-0.05, 0) is 49.7 Å². The van der Waals surface area contributed by atoms with Crippen LogP contribution in [0.4, 0.5) is 43.5 Å². The van der Waals surface area contributed by atoms with Crippen LogP contribution >= 0.6 is 0 Å². The molecule has 0 unspecified atom stereocenters. The van der Waals surface area contributed by atoms with Gasteiger partial charge < -0.3 is 9.88 Å². The summed E-state index contributed by atoms with van der Waals surface area (Å²) in [7, 11) is 0. The predicted molar refractivity (Wildman–Crippen MR) is 111 cm³/mol. The van der Waals surface area contributed by atoms with E-state index < -0.39 is 34.9 Å². The summed E-state index contributed by atoms with van der Waals surface area (Å²) in [5.41, 5.74) is -1.96. The second-order valence-corrected chi connectivity index (χ2v) is 7.73. The Hall–Kier alpha value is -3.83. The van der Waals surface area contributed by atoms with E-state index in [1.165, 1.54) is 30.9 Å². The van der Waals surface area contributed by atoms with E-state index >= 15 is 0 Å². The van der Waals surface area contributed by atoms with E-state index in [2.05, 4.69) is 9.97 Å². The molecule has 1 aromatic carbocycles. The van der Waals surface area contributed by atoms with Crippen molar-refractivity contribution in [1.82, 2.24) is 9.97 Å². The Morgan fingerprint density at radius 1 is 0.853 bits per heavy atom. The van der Waals surface area contributed by atoms with Crippen molar-refractivity contribution in [3.63, 3.8) is 0 Å². The number of hydrogen-bond acceptors (Lipinski definition) is 4. The third-order valence-corrected chi connectivity index (χ3v) is 5.40. The van der Waals surface area contributed by atoms with Crippen LogP contribution in [0.25, 0.3) is 0 Å². The topological polar surface area (TPSA) is 69.3 Å². The summed E-state index contributed by atoms with van der Waals surface area (Å²) in [5, 5.41) is 0. The van der Waals surface area contributed by atoms with Crippen LogP contribution in [0.2, 0.25) is 0 Å². The Kier molecular flexibility index (Phi) is 5.41. The first kappa shape index (κ1) is 23.3. The number of carbonyl (C=O) groups is 1. The fourth-order valence-electron chi connectivity index (χ4n) is 3.78. The van der Waals surface area contributed by atoms with Crippen LogP contribution in [-0.2, 0) is 12.4 Å². The maximum absolute atomic E-state index is 13.3. The summed E-state index contributed by atoms with van der Waals surface area (Å²) in [4.78, 5) is 33.7. The molecule has 0 radical (unpaired) electrons. The number of hydrogen-bond donors (Lipinski definition) is 1. The van der Waals surface area contributed by atoms with Gasteiger partial charge in [0.1, 0.15) is 12.5 Å². The number of H-pyrrole nitrogens is 1. The van der Waals surface area contributed by atoms with Crippen LogP contribution in [0.5, 0.6) is 0 Å². The smallest absolute Gasteiger partial charge is 0.324 e. The van der Waals surface area contributed by atoms with Gasteiger partial charge in [0.2, 0.25) is 5.56 Å². The van der Waals surface area contributed by atoms with Crippen LogP contribution in [0.3, 0.4) is 0 Å². The van der Waals surface area contributed by atoms with Crippen LogP contribution < -0.4 is 15.4 Å². The van der Waals surface area contributed by atoms with Crippen LogP contribution in [0, 0.1) is 13.8 Å². The zero-order valence-corrected chi connectivity index (χ0v) is 17.7. The molecule has 1 aliphatic rings.